The number of aromatic nitrogens is 12. The highest BCUT2D eigenvalue weighted by Crippen LogP contribution is 2.45. The standard InChI is InChI=1S/C28H29N3O2Si.C24H17F2N3O2S.C22H13F2N3O2S2.C22H14FN3O3S/c1-28(2,3)34(4,5)31-18-24(26-17-29-19-32-26)23-15-20(16-30-27(23)31)22-13-9-10-14-25(22)33-21-11-7-6-8-12-21;1-28-10-9-16(14-28)22-15-29(32(30,31)19-5-3-2-4-6-19)24-21(22)11-17(13-27-24)20-8-7-18(25)12-23(20)26;23-15-6-7-17(20(24)9-15)14-8-18-19(21-11-25-13-30-21)12-27(22(18)26-10-14)31(28,29)16-4-2-1-3-5-16;23-20-9-5-4-8-17(20)15-10-18-19(21-12-24-14-29-21)13-26(22(18)25-11-15)30(27,28)16-6-2-1-3-7-16/h6-19H,1-5H3;2-15H,1H3;1-13H;1-14H. The fraction of sp³-hybridized carbons (Fsp3) is 0.0729. The van der Waals surface area contributed by atoms with E-state index < -0.39 is 67.4 Å². The maximum absolute atomic E-state index is 14.4. The first-order valence-corrected chi connectivity index (χ1v) is 47.5. The van der Waals surface area contributed by atoms with Crippen molar-refractivity contribution in [3.63, 3.8) is 0 Å². The molecule has 0 amide bonds. The quantitative estimate of drug-likeness (QED) is 0.0606. The number of fused-ring (bicyclic) bond motifs is 4. The molecule has 12 aromatic heterocycles. The molecule has 127 heavy (non-hydrogen) atoms. The predicted octanol–water partition coefficient (Wildman–Crippen LogP) is 23.3. The highest BCUT2D eigenvalue weighted by atomic mass is 32.2. The second-order valence-corrected chi connectivity index (χ2v) is 42.3. The van der Waals surface area contributed by atoms with Crippen LogP contribution in [0.25, 0.3) is 133 Å². The topological polar surface area (TPSA) is 253 Å². The Labute approximate surface area is 730 Å². The molecule has 0 aliphatic carbocycles. The van der Waals surface area contributed by atoms with Gasteiger partial charge in [0.05, 0.1) is 37.5 Å². The van der Waals surface area contributed by atoms with E-state index in [9.17, 15) is 47.2 Å². The molecule has 0 saturated carbocycles. The molecular weight excluding hydrogens is 1720 g/mol. The Kier molecular flexibility index (Phi) is 23.0. The van der Waals surface area contributed by atoms with Gasteiger partial charge in [-0.25, -0.2) is 89.0 Å². The number of rotatable bonds is 17. The minimum absolute atomic E-state index is 0.123. The molecule has 0 spiro atoms. The normalized spacial score (nSPS) is 11.9. The lowest BCUT2D eigenvalue weighted by Gasteiger charge is -2.38. The van der Waals surface area contributed by atoms with Gasteiger partial charge < -0.3 is 22.4 Å². The lowest BCUT2D eigenvalue weighted by molar-refractivity contribution is 0.484. The van der Waals surface area contributed by atoms with Crippen LogP contribution in [0.4, 0.5) is 22.0 Å². The molecule has 0 N–H and O–H groups in total. The second kappa shape index (κ2) is 34.5. The van der Waals surface area contributed by atoms with Crippen LogP contribution in [0, 0.1) is 29.1 Å². The van der Waals surface area contributed by atoms with Gasteiger partial charge in [0.25, 0.3) is 30.1 Å². The van der Waals surface area contributed by atoms with Crippen LogP contribution in [0.2, 0.25) is 18.1 Å². The van der Waals surface area contributed by atoms with Gasteiger partial charge in [-0.2, -0.15) is 0 Å². The molecule has 21 nitrogen and oxygen atoms in total. The van der Waals surface area contributed by atoms with E-state index in [2.05, 4.69) is 86.3 Å². The van der Waals surface area contributed by atoms with Gasteiger partial charge in [-0.3, -0.25) is 4.98 Å². The summed E-state index contributed by atoms with van der Waals surface area (Å²) in [6, 6.07) is 64.2. The Bertz CT molecular complexity index is 7830. The lowest BCUT2D eigenvalue weighted by Crippen LogP contribution is -2.45. The van der Waals surface area contributed by atoms with Crippen molar-refractivity contribution in [2.24, 2.45) is 7.05 Å². The van der Waals surface area contributed by atoms with Crippen LogP contribution in [-0.2, 0) is 37.1 Å². The van der Waals surface area contributed by atoms with Crippen molar-refractivity contribution in [2.45, 2.75) is 53.6 Å². The Morgan fingerprint density at radius 1 is 0.378 bits per heavy atom. The molecule has 0 atom stereocenters. The number of ether oxygens (including phenoxy) is 1. The first-order valence-electron chi connectivity index (χ1n) is 39.3. The van der Waals surface area contributed by atoms with E-state index >= 15 is 0 Å². The maximum atomic E-state index is 14.4. The monoisotopic (exact) mass is 1790 g/mol. The average Bonchev–Trinajstić information content (AvgIpc) is 1.61. The number of hydrogen-bond acceptors (Lipinski definition) is 17. The third-order valence-corrected chi connectivity index (χ3v) is 32.9. The van der Waals surface area contributed by atoms with Crippen molar-refractivity contribution >= 4 is 93.8 Å². The molecule has 0 unspecified atom stereocenters. The van der Waals surface area contributed by atoms with Crippen molar-refractivity contribution in [1.82, 2.24) is 55.6 Å². The molecule has 0 saturated heterocycles. The number of oxazole rings is 2. The molecule has 0 bridgehead atoms. The molecule has 0 fully saturated rings. The van der Waals surface area contributed by atoms with Crippen LogP contribution in [0.3, 0.4) is 0 Å². The minimum Gasteiger partial charge on any atom is -0.457 e. The summed E-state index contributed by atoms with van der Waals surface area (Å²) in [5.74, 6) is -0.470. The van der Waals surface area contributed by atoms with Gasteiger partial charge in [0.2, 0.25) is 0 Å². The number of pyridine rings is 4. The summed E-state index contributed by atoms with van der Waals surface area (Å²) < 4.78 is 175. The van der Waals surface area contributed by atoms with Crippen molar-refractivity contribution < 1.29 is 60.8 Å². The first kappa shape index (κ1) is 84.6. The van der Waals surface area contributed by atoms with Crippen molar-refractivity contribution in [3.8, 4) is 100 Å². The zero-order valence-electron chi connectivity index (χ0n) is 68.3. The molecule has 0 aliphatic heterocycles. The Morgan fingerprint density at radius 3 is 1.22 bits per heavy atom. The largest absolute Gasteiger partial charge is 0.457 e. The summed E-state index contributed by atoms with van der Waals surface area (Å²) in [7, 11) is -11.8. The SMILES string of the molecule is CC(C)(C)[Si](C)(C)n1cc(-c2cnco2)c2cc(-c3ccccc3Oc3ccccc3)cnc21.Cn1ccc(-c2cn(S(=O)(=O)c3ccccc3)c3ncc(-c4ccc(F)cc4F)cc23)c1.O=S(=O)(c1ccccc1)n1cc(-c2cnco2)c2cc(-c3ccccc3F)cnc21.O=S(=O)(c1ccccc1)n1cc(-c2cncs2)c2cc(-c3ccc(F)cc3F)cnc21. The number of hydrogen-bond donors (Lipinski definition) is 0. The van der Waals surface area contributed by atoms with Gasteiger partial charge in [-0.05, 0) is 120 Å². The zero-order valence-corrected chi connectivity index (χ0v) is 72.6. The highest BCUT2D eigenvalue weighted by Gasteiger charge is 2.40. The molecular formula is C96H73F5N12O9S4Si. The number of nitrogens with zero attached hydrogens (tertiary/aromatic N) is 12. The summed E-state index contributed by atoms with van der Waals surface area (Å²) in [4.78, 5) is 31.4. The Morgan fingerprint density at radius 2 is 0.780 bits per heavy atom. The van der Waals surface area contributed by atoms with Crippen LogP contribution >= 0.6 is 11.3 Å². The van der Waals surface area contributed by atoms with E-state index in [0.717, 1.165) is 85.5 Å². The second-order valence-electron chi connectivity index (χ2n) is 30.9. The van der Waals surface area contributed by atoms with Gasteiger partial charge >= 0.3 is 0 Å². The van der Waals surface area contributed by atoms with Crippen molar-refractivity contribution in [3.05, 3.63) is 365 Å². The fourth-order valence-electron chi connectivity index (χ4n) is 14.5. The third kappa shape index (κ3) is 16.7. The number of aryl methyl sites for hydroxylation is 1. The smallest absolute Gasteiger partial charge is 0.269 e. The zero-order chi connectivity index (χ0) is 88.7. The lowest BCUT2D eigenvalue weighted by atomic mass is 10.0. The summed E-state index contributed by atoms with van der Waals surface area (Å²) in [6.45, 7) is 11.7. The highest BCUT2D eigenvalue weighted by molar-refractivity contribution is 7.90. The molecule has 12 heterocycles. The van der Waals surface area contributed by atoms with Gasteiger partial charge in [0, 0.05) is 181 Å². The third-order valence-electron chi connectivity index (χ3n) is 21.9. The van der Waals surface area contributed by atoms with Gasteiger partial charge in [0.15, 0.2) is 49.5 Å². The molecule has 20 rings (SSSR count). The molecule has 0 aliphatic rings. The van der Waals surface area contributed by atoms with E-state index in [-0.39, 0.29) is 47.8 Å². The number of benzene rings is 8. The van der Waals surface area contributed by atoms with Gasteiger partial charge in [0.1, 0.15) is 46.2 Å². The summed E-state index contributed by atoms with van der Waals surface area (Å²) in [5, 5.41) is 2.76. The van der Waals surface area contributed by atoms with Crippen LogP contribution in [0.1, 0.15) is 20.8 Å². The van der Waals surface area contributed by atoms with Gasteiger partial charge in [-0.15, -0.1) is 11.3 Å². The van der Waals surface area contributed by atoms with E-state index in [4.69, 9.17) is 18.6 Å². The number of halogens is 5. The first-order chi connectivity index (χ1) is 61.1. The van der Waals surface area contributed by atoms with Crippen LogP contribution in [0.15, 0.2) is 359 Å². The average molecular weight is 1790 g/mol. The summed E-state index contributed by atoms with van der Waals surface area (Å²) >= 11 is 1.35. The Balaban J connectivity index is 0.000000119. The van der Waals surface area contributed by atoms with Crippen LogP contribution in [0.5, 0.6) is 11.5 Å². The maximum Gasteiger partial charge on any atom is 0.269 e. The number of thiazole rings is 1. The molecule has 31 heteroatoms. The summed E-state index contributed by atoms with van der Waals surface area (Å²) in [5.41, 5.74) is 10.8. The number of para-hydroxylation sites is 2. The molecule has 0 radical (unpaired) electrons. The van der Waals surface area contributed by atoms with Crippen molar-refractivity contribution in [2.75, 3.05) is 0 Å². The van der Waals surface area contributed by atoms with Crippen molar-refractivity contribution in [1.29, 1.82) is 0 Å². The van der Waals surface area contributed by atoms with E-state index in [1.807, 2.05) is 84.8 Å². The minimum atomic E-state index is -3.91. The molecule has 20 aromatic rings. The molecule has 634 valence electrons. The Hall–Kier alpha value is -14.6. The summed E-state index contributed by atoms with van der Waals surface area (Å²) in [6.07, 6.45) is 24.2. The van der Waals surface area contributed by atoms with Crippen LogP contribution < -0.4 is 4.74 Å². The predicted molar refractivity (Wildman–Crippen MR) is 483 cm³/mol. The molecule has 8 aromatic carbocycles. The van der Waals surface area contributed by atoms with E-state index in [1.54, 1.807) is 109 Å². The van der Waals surface area contributed by atoms with E-state index in [1.165, 1.54) is 128 Å². The van der Waals surface area contributed by atoms with E-state index in [0.29, 0.717) is 60.9 Å². The van der Waals surface area contributed by atoms with Gasteiger partial charge in [-0.1, -0.05) is 143 Å². The van der Waals surface area contributed by atoms with Crippen LogP contribution in [-0.4, -0.2) is 89.1 Å². The fourth-order valence-corrected chi connectivity index (χ4v) is 21.0.